The number of alkyl halides is 3. The summed E-state index contributed by atoms with van der Waals surface area (Å²) in [5.74, 6) is 0. The largest absolute Gasteiger partial charge is 0.434 e. The zero-order chi connectivity index (χ0) is 9.35. The Balaban J connectivity index is 3.17. The summed E-state index contributed by atoms with van der Waals surface area (Å²) >= 11 is -2.67. The first-order valence-electron chi connectivity index (χ1n) is 2.64. The molecule has 0 saturated carbocycles. The molecule has 0 radical (unpaired) electrons. The molecule has 68 valence electrons. The van der Waals surface area contributed by atoms with Crippen LogP contribution in [-0.2, 0) is 17.3 Å². The minimum absolute atomic E-state index is 0.666. The van der Waals surface area contributed by atoms with Crippen molar-refractivity contribution >= 4 is 11.1 Å². The van der Waals surface area contributed by atoms with Crippen molar-refractivity contribution in [2.45, 2.75) is 11.1 Å². The third-order valence-corrected chi connectivity index (χ3v) is 1.76. The molecule has 0 aromatic carbocycles. The molecule has 0 fully saturated rings. The van der Waals surface area contributed by atoms with Gasteiger partial charge in [0, 0.05) is 0 Å². The second kappa shape index (κ2) is 2.87. The van der Waals surface area contributed by atoms with Crippen LogP contribution in [0.15, 0.2) is 11.1 Å². The average molecular weight is 200 g/mol. The molecule has 12 heavy (non-hydrogen) atoms. The van der Waals surface area contributed by atoms with Crippen LogP contribution < -0.4 is 0 Å². The molecule has 0 amide bonds. The van der Waals surface area contributed by atoms with E-state index in [1.807, 2.05) is 0 Å². The molecule has 1 unspecified atom stereocenters. The van der Waals surface area contributed by atoms with E-state index in [-0.39, 0.29) is 0 Å². The number of rotatable bonds is 1. The van der Waals surface area contributed by atoms with Gasteiger partial charge in [-0.3, -0.25) is 5.10 Å². The van der Waals surface area contributed by atoms with Gasteiger partial charge in [-0.25, -0.2) is 4.21 Å². The van der Waals surface area contributed by atoms with Gasteiger partial charge in [-0.15, -0.1) is 0 Å². The standard InChI is InChI=1S/C4H3F3N2O2S/c5-4(6,7)3-2(12(10)11)1-8-9-3/h1H,(H,8,9)(H,10,11). The highest BCUT2D eigenvalue weighted by molar-refractivity contribution is 7.79. The fourth-order valence-electron chi connectivity index (χ4n) is 0.611. The van der Waals surface area contributed by atoms with Gasteiger partial charge < -0.3 is 4.55 Å². The van der Waals surface area contributed by atoms with E-state index in [2.05, 4.69) is 5.10 Å². The number of aromatic nitrogens is 2. The molecule has 0 spiro atoms. The van der Waals surface area contributed by atoms with Crippen molar-refractivity contribution in [3.63, 3.8) is 0 Å². The number of hydrogen-bond acceptors (Lipinski definition) is 2. The van der Waals surface area contributed by atoms with Crippen LogP contribution in [0.5, 0.6) is 0 Å². The van der Waals surface area contributed by atoms with E-state index >= 15 is 0 Å². The Morgan fingerprint density at radius 1 is 1.58 bits per heavy atom. The lowest BCUT2D eigenvalue weighted by Gasteiger charge is -2.03. The molecule has 1 atom stereocenters. The summed E-state index contributed by atoms with van der Waals surface area (Å²) in [6.45, 7) is 0. The molecular weight excluding hydrogens is 197 g/mol. The van der Waals surface area contributed by atoms with E-state index < -0.39 is 27.8 Å². The average Bonchev–Trinajstić information content (AvgIpc) is 2.30. The Bertz CT molecular complexity index is 307. The van der Waals surface area contributed by atoms with E-state index in [0.29, 0.717) is 6.20 Å². The minimum Gasteiger partial charge on any atom is -0.302 e. The van der Waals surface area contributed by atoms with Crippen molar-refractivity contribution in [1.82, 2.24) is 10.2 Å². The quantitative estimate of drug-likeness (QED) is 0.665. The number of nitrogens with one attached hydrogen (secondary N) is 1. The monoisotopic (exact) mass is 200 g/mol. The SMILES string of the molecule is O=S(O)c1cn[nH]c1C(F)(F)F. The lowest BCUT2D eigenvalue weighted by atomic mass is 10.4. The second-order valence-electron chi connectivity index (χ2n) is 1.86. The van der Waals surface area contributed by atoms with Crippen LogP contribution in [0, 0.1) is 0 Å². The zero-order valence-corrected chi connectivity index (χ0v) is 6.24. The first kappa shape index (κ1) is 9.20. The predicted octanol–water partition coefficient (Wildman–Crippen LogP) is 1.01. The summed E-state index contributed by atoms with van der Waals surface area (Å²) < 4.78 is 54.4. The summed E-state index contributed by atoms with van der Waals surface area (Å²) in [4.78, 5) is -0.762. The third-order valence-electron chi connectivity index (χ3n) is 1.08. The smallest absolute Gasteiger partial charge is 0.302 e. The van der Waals surface area contributed by atoms with Gasteiger partial charge in [0.1, 0.15) is 4.90 Å². The summed E-state index contributed by atoms with van der Waals surface area (Å²) in [5, 5.41) is 4.61. The molecule has 2 N–H and O–H groups in total. The van der Waals surface area contributed by atoms with Crippen molar-refractivity contribution in [3.05, 3.63) is 11.9 Å². The van der Waals surface area contributed by atoms with E-state index in [9.17, 15) is 17.4 Å². The van der Waals surface area contributed by atoms with Gasteiger partial charge in [0.2, 0.25) is 0 Å². The lowest BCUT2D eigenvalue weighted by molar-refractivity contribution is -0.143. The van der Waals surface area contributed by atoms with Crippen LogP contribution in [-0.4, -0.2) is 19.0 Å². The lowest BCUT2D eigenvalue weighted by Crippen LogP contribution is -2.09. The van der Waals surface area contributed by atoms with Crippen molar-refractivity contribution in [1.29, 1.82) is 0 Å². The van der Waals surface area contributed by atoms with Crippen LogP contribution in [0.25, 0.3) is 0 Å². The summed E-state index contributed by atoms with van der Waals surface area (Å²) in [7, 11) is 0. The maximum Gasteiger partial charge on any atom is 0.434 e. The van der Waals surface area contributed by atoms with Gasteiger partial charge in [0.05, 0.1) is 6.20 Å². The number of halogens is 3. The molecule has 8 heteroatoms. The predicted molar refractivity (Wildman–Crippen MR) is 32.6 cm³/mol. The fraction of sp³-hybridized carbons (Fsp3) is 0.250. The molecule has 1 aromatic rings. The molecule has 0 aliphatic carbocycles. The van der Waals surface area contributed by atoms with Crippen molar-refractivity contribution in [3.8, 4) is 0 Å². The van der Waals surface area contributed by atoms with Crippen molar-refractivity contribution < 1.29 is 21.9 Å². The van der Waals surface area contributed by atoms with Crippen LogP contribution in [0.3, 0.4) is 0 Å². The Morgan fingerprint density at radius 3 is 2.50 bits per heavy atom. The van der Waals surface area contributed by atoms with E-state index in [4.69, 9.17) is 4.55 Å². The number of hydrogen-bond donors (Lipinski definition) is 2. The topological polar surface area (TPSA) is 66.0 Å². The molecule has 1 heterocycles. The number of H-pyrrole nitrogens is 1. The highest BCUT2D eigenvalue weighted by atomic mass is 32.2. The first-order chi connectivity index (χ1) is 5.43. The van der Waals surface area contributed by atoms with Gasteiger partial charge in [-0.2, -0.15) is 18.3 Å². The molecule has 1 rings (SSSR count). The molecule has 0 bridgehead atoms. The highest BCUT2D eigenvalue weighted by Crippen LogP contribution is 2.30. The van der Waals surface area contributed by atoms with Gasteiger partial charge in [0.15, 0.2) is 16.8 Å². The Morgan fingerprint density at radius 2 is 2.17 bits per heavy atom. The maximum atomic E-state index is 11.9. The Hall–Kier alpha value is -0.890. The molecule has 0 aliphatic rings. The summed E-state index contributed by atoms with van der Waals surface area (Å²) in [6.07, 6.45) is -4.01. The molecular formula is C4H3F3N2O2S. The Kier molecular flexibility index (Phi) is 2.20. The number of nitrogens with zero attached hydrogens (tertiary/aromatic N) is 1. The summed E-state index contributed by atoms with van der Waals surface area (Å²) in [6, 6.07) is 0. The van der Waals surface area contributed by atoms with Crippen LogP contribution >= 0.6 is 0 Å². The highest BCUT2D eigenvalue weighted by Gasteiger charge is 2.37. The van der Waals surface area contributed by atoms with E-state index in [1.165, 1.54) is 0 Å². The van der Waals surface area contributed by atoms with Crippen LogP contribution in [0.4, 0.5) is 13.2 Å². The van der Waals surface area contributed by atoms with Crippen LogP contribution in [0.1, 0.15) is 5.69 Å². The van der Waals surface area contributed by atoms with Crippen molar-refractivity contribution in [2.24, 2.45) is 0 Å². The molecule has 1 aromatic heterocycles. The van der Waals surface area contributed by atoms with E-state index in [0.717, 1.165) is 0 Å². The first-order valence-corrected chi connectivity index (χ1v) is 3.75. The van der Waals surface area contributed by atoms with Crippen molar-refractivity contribution in [2.75, 3.05) is 0 Å². The maximum absolute atomic E-state index is 11.9. The normalized spacial score (nSPS) is 14.7. The van der Waals surface area contributed by atoms with E-state index in [1.54, 1.807) is 5.10 Å². The van der Waals surface area contributed by atoms with Gasteiger partial charge >= 0.3 is 6.18 Å². The molecule has 0 saturated heterocycles. The molecule has 0 aliphatic heterocycles. The molecule has 4 nitrogen and oxygen atoms in total. The third kappa shape index (κ3) is 1.64. The van der Waals surface area contributed by atoms with Gasteiger partial charge in [-0.05, 0) is 0 Å². The Labute approximate surface area is 67.1 Å². The minimum atomic E-state index is -4.68. The fourth-order valence-corrected chi connectivity index (χ4v) is 1.09. The second-order valence-corrected chi connectivity index (χ2v) is 2.79. The zero-order valence-electron chi connectivity index (χ0n) is 5.42. The number of aromatic amines is 1. The van der Waals surface area contributed by atoms with Gasteiger partial charge in [0.25, 0.3) is 0 Å². The van der Waals surface area contributed by atoms with Gasteiger partial charge in [-0.1, -0.05) is 0 Å². The summed E-state index contributed by atoms with van der Waals surface area (Å²) in [5.41, 5.74) is -1.29. The van der Waals surface area contributed by atoms with Crippen LogP contribution in [0.2, 0.25) is 0 Å².